The highest BCUT2D eigenvalue weighted by molar-refractivity contribution is 6.05. The van der Waals surface area contributed by atoms with Gasteiger partial charge in [-0.1, -0.05) is 24.3 Å². The van der Waals surface area contributed by atoms with Gasteiger partial charge in [0, 0.05) is 23.0 Å². The van der Waals surface area contributed by atoms with Gasteiger partial charge >= 0.3 is 0 Å². The first-order valence-corrected chi connectivity index (χ1v) is 11.6. The first-order chi connectivity index (χ1) is 16.0. The van der Waals surface area contributed by atoms with E-state index < -0.39 is 0 Å². The molecule has 0 atom stereocenters. The van der Waals surface area contributed by atoms with Crippen LogP contribution in [-0.2, 0) is 0 Å². The Morgan fingerprint density at radius 3 is 2.48 bits per heavy atom. The third kappa shape index (κ3) is 4.39. The molecule has 1 aliphatic rings. The standard InChI is InChI=1S/C27H29N5O/c1-17-13-18(2)15-22(14-17)30-27(33)23-16-29-32(26(23)20-7-10-21(28)11-8-20)25-12-9-19-5-3-4-6-24(19)31-25/h3-6,9,12-16,20-21H,7-8,10-11,28H2,1-2H3,(H,30,33). The Kier molecular flexibility index (Phi) is 5.68. The van der Waals surface area contributed by atoms with Crippen LogP contribution in [0.25, 0.3) is 16.7 Å². The molecule has 6 heteroatoms. The van der Waals surface area contributed by atoms with Crippen LogP contribution in [0.3, 0.4) is 0 Å². The van der Waals surface area contributed by atoms with E-state index in [9.17, 15) is 4.79 Å². The van der Waals surface area contributed by atoms with E-state index in [1.807, 2.05) is 61.0 Å². The number of para-hydroxylation sites is 1. The molecule has 2 heterocycles. The van der Waals surface area contributed by atoms with E-state index in [0.29, 0.717) is 5.56 Å². The Morgan fingerprint density at radius 1 is 1.00 bits per heavy atom. The number of aryl methyl sites for hydroxylation is 2. The smallest absolute Gasteiger partial charge is 0.259 e. The van der Waals surface area contributed by atoms with Crippen molar-refractivity contribution >= 4 is 22.5 Å². The van der Waals surface area contributed by atoms with Gasteiger partial charge in [0.15, 0.2) is 5.82 Å². The first-order valence-electron chi connectivity index (χ1n) is 11.6. The predicted octanol–water partition coefficient (Wildman–Crippen LogP) is 5.27. The van der Waals surface area contributed by atoms with Crippen LogP contribution >= 0.6 is 0 Å². The fourth-order valence-electron chi connectivity index (χ4n) is 4.92. The van der Waals surface area contributed by atoms with Crippen LogP contribution in [0.2, 0.25) is 0 Å². The number of benzene rings is 2. The predicted molar refractivity (Wildman–Crippen MR) is 132 cm³/mol. The number of nitrogens with zero attached hydrogens (tertiary/aromatic N) is 3. The summed E-state index contributed by atoms with van der Waals surface area (Å²) in [7, 11) is 0. The van der Waals surface area contributed by atoms with Crippen molar-refractivity contribution < 1.29 is 4.79 Å². The van der Waals surface area contributed by atoms with E-state index in [1.165, 1.54) is 0 Å². The number of aromatic nitrogens is 3. The lowest BCUT2D eigenvalue weighted by Gasteiger charge is -2.27. The lowest BCUT2D eigenvalue weighted by atomic mass is 9.83. The van der Waals surface area contributed by atoms with Gasteiger partial charge in [0.1, 0.15) is 0 Å². The second-order valence-corrected chi connectivity index (χ2v) is 9.16. The van der Waals surface area contributed by atoms with Crippen LogP contribution in [0.1, 0.15) is 58.8 Å². The normalized spacial score (nSPS) is 18.4. The average molecular weight is 440 g/mol. The number of hydrogen-bond donors (Lipinski definition) is 2. The van der Waals surface area contributed by atoms with Gasteiger partial charge in [-0.05, 0) is 81.0 Å². The molecule has 5 rings (SSSR count). The minimum atomic E-state index is -0.142. The molecular formula is C27H29N5O. The topological polar surface area (TPSA) is 85.8 Å². The maximum absolute atomic E-state index is 13.4. The zero-order valence-corrected chi connectivity index (χ0v) is 19.1. The quantitative estimate of drug-likeness (QED) is 0.453. The zero-order valence-electron chi connectivity index (χ0n) is 19.1. The minimum absolute atomic E-state index is 0.142. The van der Waals surface area contributed by atoms with Crippen LogP contribution in [0.4, 0.5) is 5.69 Å². The van der Waals surface area contributed by atoms with Gasteiger partial charge in [0.25, 0.3) is 5.91 Å². The maximum Gasteiger partial charge on any atom is 0.259 e. The van der Waals surface area contributed by atoms with Gasteiger partial charge in [-0.15, -0.1) is 0 Å². The van der Waals surface area contributed by atoms with E-state index in [2.05, 4.69) is 22.5 Å². The summed E-state index contributed by atoms with van der Waals surface area (Å²) in [5.74, 6) is 0.793. The van der Waals surface area contributed by atoms with Crippen molar-refractivity contribution in [1.29, 1.82) is 0 Å². The number of pyridine rings is 1. The Hall–Kier alpha value is -3.51. The summed E-state index contributed by atoms with van der Waals surface area (Å²) in [6.07, 6.45) is 5.44. The number of nitrogens with one attached hydrogen (secondary N) is 1. The molecule has 1 aliphatic carbocycles. The van der Waals surface area contributed by atoms with Gasteiger partial charge < -0.3 is 11.1 Å². The molecule has 0 bridgehead atoms. The number of anilines is 1. The van der Waals surface area contributed by atoms with Crippen LogP contribution in [0.15, 0.2) is 60.8 Å². The highest BCUT2D eigenvalue weighted by atomic mass is 16.1. The Balaban J connectivity index is 1.56. The minimum Gasteiger partial charge on any atom is -0.328 e. The lowest BCUT2D eigenvalue weighted by Crippen LogP contribution is -2.27. The first kappa shape index (κ1) is 21.3. The van der Waals surface area contributed by atoms with Gasteiger partial charge in [0.2, 0.25) is 0 Å². The van der Waals surface area contributed by atoms with Crippen molar-refractivity contribution in [2.45, 2.75) is 51.5 Å². The van der Waals surface area contributed by atoms with E-state index in [1.54, 1.807) is 6.20 Å². The van der Waals surface area contributed by atoms with Crippen molar-refractivity contribution in [2.24, 2.45) is 5.73 Å². The van der Waals surface area contributed by atoms with E-state index in [-0.39, 0.29) is 17.9 Å². The van der Waals surface area contributed by atoms with Crippen molar-refractivity contribution in [3.05, 3.63) is 83.2 Å². The molecule has 6 nitrogen and oxygen atoms in total. The highest BCUT2D eigenvalue weighted by Crippen LogP contribution is 2.35. The molecule has 0 unspecified atom stereocenters. The Labute approximate surface area is 193 Å². The molecule has 4 aromatic rings. The van der Waals surface area contributed by atoms with Crippen LogP contribution in [-0.4, -0.2) is 26.7 Å². The number of carbonyl (C=O) groups excluding carboxylic acids is 1. The molecular weight excluding hydrogens is 410 g/mol. The molecule has 0 radical (unpaired) electrons. The van der Waals surface area contributed by atoms with Crippen molar-refractivity contribution in [2.75, 3.05) is 5.32 Å². The fraction of sp³-hybridized carbons (Fsp3) is 0.296. The summed E-state index contributed by atoms with van der Waals surface area (Å²) in [5.41, 5.74) is 11.6. The number of nitrogens with two attached hydrogens (primary N) is 1. The Morgan fingerprint density at radius 2 is 1.73 bits per heavy atom. The molecule has 1 saturated carbocycles. The molecule has 33 heavy (non-hydrogen) atoms. The number of carbonyl (C=O) groups is 1. The third-order valence-corrected chi connectivity index (χ3v) is 6.49. The van der Waals surface area contributed by atoms with Crippen LogP contribution < -0.4 is 11.1 Å². The molecule has 2 aromatic carbocycles. The maximum atomic E-state index is 13.4. The lowest BCUT2D eigenvalue weighted by molar-refractivity contribution is 0.102. The second kappa shape index (κ2) is 8.79. The second-order valence-electron chi connectivity index (χ2n) is 9.16. The molecule has 1 fully saturated rings. The summed E-state index contributed by atoms with van der Waals surface area (Å²) in [6.45, 7) is 4.06. The summed E-state index contributed by atoms with van der Waals surface area (Å²) in [6, 6.07) is 18.3. The van der Waals surface area contributed by atoms with Gasteiger partial charge in [0.05, 0.1) is 23.0 Å². The van der Waals surface area contributed by atoms with Crippen LogP contribution in [0, 0.1) is 13.8 Å². The van der Waals surface area contributed by atoms with E-state index >= 15 is 0 Å². The zero-order chi connectivity index (χ0) is 22.9. The fourth-order valence-corrected chi connectivity index (χ4v) is 4.92. The average Bonchev–Trinajstić information content (AvgIpc) is 3.24. The summed E-state index contributed by atoms with van der Waals surface area (Å²) >= 11 is 0. The molecule has 168 valence electrons. The summed E-state index contributed by atoms with van der Waals surface area (Å²) < 4.78 is 1.85. The summed E-state index contributed by atoms with van der Waals surface area (Å²) in [4.78, 5) is 18.3. The highest BCUT2D eigenvalue weighted by Gasteiger charge is 2.29. The number of amides is 1. The van der Waals surface area contributed by atoms with Crippen molar-refractivity contribution in [1.82, 2.24) is 14.8 Å². The van der Waals surface area contributed by atoms with Crippen LogP contribution in [0.5, 0.6) is 0 Å². The summed E-state index contributed by atoms with van der Waals surface area (Å²) in [5, 5.41) is 8.81. The molecule has 0 saturated heterocycles. The van der Waals surface area contributed by atoms with Crippen molar-refractivity contribution in [3.63, 3.8) is 0 Å². The molecule has 0 spiro atoms. The monoisotopic (exact) mass is 439 g/mol. The van der Waals surface area contributed by atoms with E-state index in [4.69, 9.17) is 10.7 Å². The van der Waals surface area contributed by atoms with Gasteiger partial charge in [-0.3, -0.25) is 4.79 Å². The SMILES string of the molecule is Cc1cc(C)cc(NC(=O)c2cnn(-c3ccc4ccccc4n3)c2C2CCC(N)CC2)c1. The molecule has 3 N–H and O–H groups in total. The van der Waals surface area contributed by atoms with E-state index in [0.717, 1.165) is 64.9 Å². The Bertz CT molecular complexity index is 1300. The number of fused-ring (bicyclic) bond motifs is 1. The molecule has 1 amide bonds. The van der Waals surface area contributed by atoms with Gasteiger partial charge in [-0.25, -0.2) is 9.67 Å². The van der Waals surface area contributed by atoms with Gasteiger partial charge in [-0.2, -0.15) is 5.10 Å². The third-order valence-electron chi connectivity index (χ3n) is 6.49. The molecule has 2 aromatic heterocycles. The number of hydrogen-bond acceptors (Lipinski definition) is 4. The number of rotatable bonds is 4. The molecule has 0 aliphatic heterocycles. The van der Waals surface area contributed by atoms with Crippen molar-refractivity contribution in [3.8, 4) is 5.82 Å². The largest absolute Gasteiger partial charge is 0.328 e.